The summed E-state index contributed by atoms with van der Waals surface area (Å²) in [5.74, 6) is -0.0847. The molecule has 1 unspecified atom stereocenters. The Morgan fingerprint density at radius 3 is 2.62 bits per heavy atom. The van der Waals surface area contributed by atoms with Gasteiger partial charge in [-0.2, -0.15) is 10.2 Å². The summed E-state index contributed by atoms with van der Waals surface area (Å²) >= 11 is 5.92. The summed E-state index contributed by atoms with van der Waals surface area (Å²) in [5, 5.41) is 12.3. The maximum atomic E-state index is 12.6. The highest BCUT2D eigenvalue weighted by molar-refractivity contribution is 6.30. The van der Waals surface area contributed by atoms with Crippen molar-refractivity contribution in [3.8, 4) is 5.69 Å². The third-order valence-corrected chi connectivity index (χ3v) is 4.66. The van der Waals surface area contributed by atoms with Crippen LogP contribution in [0.5, 0.6) is 0 Å². The van der Waals surface area contributed by atoms with E-state index in [2.05, 4.69) is 15.5 Å². The molecule has 0 radical (unpaired) electrons. The van der Waals surface area contributed by atoms with Gasteiger partial charge >= 0.3 is 0 Å². The van der Waals surface area contributed by atoms with E-state index in [1.165, 1.54) is 6.20 Å². The van der Waals surface area contributed by atoms with Gasteiger partial charge in [-0.05, 0) is 32.4 Å². The molecule has 3 rings (SSSR count). The van der Waals surface area contributed by atoms with Crippen LogP contribution >= 0.6 is 11.6 Å². The van der Waals surface area contributed by atoms with E-state index in [0.717, 1.165) is 22.6 Å². The topological polar surface area (TPSA) is 64.7 Å². The molecule has 0 spiro atoms. The first-order chi connectivity index (χ1) is 12.5. The molecule has 3 aromatic rings. The number of nitrogens with one attached hydrogen (secondary N) is 1. The minimum atomic E-state index is -0.382. The quantitative estimate of drug-likeness (QED) is 0.719. The first kappa shape index (κ1) is 18.2. The minimum absolute atomic E-state index is 0.0847. The number of aryl methyl sites for hydroxylation is 1. The van der Waals surface area contributed by atoms with Gasteiger partial charge in [0.15, 0.2) is 0 Å². The van der Waals surface area contributed by atoms with Crippen LogP contribution in [0.2, 0.25) is 5.02 Å². The maximum Gasteiger partial charge on any atom is 0.245 e. The molecule has 26 heavy (non-hydrogen) atoms. The van der Waals surface area contributed by atoms with Gasteiger partial charge in [0, 0.05) is 24.0 Å². The first-order valence-electron chi connectivity index (χ1n) is 8.59. The van der Waals surface area contributed by atoms with Crippen LogP contribution in [0.1, 0.15) is 36.3 Å². The van der Waals surface area contributed by atoms with Crippen molar-refractivity contribution in [2.45, 2.75) is 39.8 Å². The Morgan fingerprint density at radius 2 is 2.00 bits per heavy atom. The van der Waals surface area contributed by atoms with Crippen molar-refractivity contribution in [3.63, 3.8) is 0 Å². The molecule has 0 saturated heterocycles. The van der Waals surface area contributed by atoms with Gasteiger partial charge in [0.05, 0.1) is 22.6 Å². The predicted molar refractivity (Wildman–Crippen MR) is 101 cm³/mol. The lowest BCUT2D eigenvalue weighted by Gasteiger charge is -2.15. The first-order valence-corrected chi connectivity index (χ1v) is 8.97. The molecular weight excluding hydrogens is 350 g/mol. The summed E-state index contributed by atoms with van der Waals surface area (Å²) in [6, 6.07) is 9.57. The molecule has 1 aromatic carbocycles. The molecule has 0 saturated carbocycles. The molecule has 7 heteroatoms. The molecule has 1 atom stereocenters. The Balaban J connectivity index is 1.75. The molecule has 0 bridgehead atoms. The molecule has 1 N–H and O–H groups in total. The predicted octanol–water partition coefficient (Wildman–Crippen LogP) is 3.61. The largest absolute Gasteiger partial charge is 0.350 e. The Labute approximate surface area is 157 Å². The molecular formula is C19H22ClN5O. The average Bonchev–Trinajstić information content (AvgIpc) is 3.18. The van der Waals surface area contributed by atoms with Gasteiger partial charge in [-0.15, -0.1) is 0 Å². The maximum absolute atomic E-state index is 12.6. The van der Waals surface area contributed by atoms with Crippen LogP contribution in [0.3, 0.4) is 0 Å². The number of para-hydroxylation sites is 1. The van der Waals surface area contributed by atoms with Crippen molar-refractivity contribution >= 4 is 17.5 Å². The second kappa shape index (κ2) is 7.74. The number of amides is 1. The van der Waals surface area contributed by atoms with Crippen LogP contribution < -0.4 is 5.32 Å². The number of rotatable bonds is 6. The third kappa shape index (κ3) is 3.65. The number of benzene rings is 1. The Bertz CT molecular complexity index is 900. The zero-order valence-corrected chi connectivity index (χ0v) is 15.9. The van der Waals surface area contributed by atoms with Crippen molar-refractivity contribution in [3.05, 3.63) is 64.7 Å². The molecule has 0 aliphatic carbocycles. The zero-order chi connectivity index (χ0) is 18.7. The van der Waals surface area contributed by atoms with Gasteiger partial charge in [-0.25, -0.2) is 4.68 Å². The van der Waals surface area contributed by atoms with E-state index in [1.807, 2.05) is 55.8 Å². The number of hydrogen-bond donors (Lipinski definition) is 1. The number of aromatic nitrogens is 4. The Hall–Kier alpha value is -2.60. The highest BCUT2D eigenvalue weighted by Gasteiger charge is 2.20. The van der Waals surface area contributed by atoms with Gasteiger partial charge in [0.1, 0.15) is 6.04 Å². The van der Waals surface area contributed by atoms with Gasteiger partial charge in [0.25, 0.3) is 0 Å². The van der Waals surface area contributed by atoms with E-state index in [4.69, 9.17) is 11.6 Å². The van der Waals surface area contributed by atoms with E-state index in [1.54, 1.807) is 10.9 Å². The number of halogens is 1. The van der Waals surface area contributed by atoms with Gasteiger partial charge in [0.2, 0.25) is 5.91 Å². The van der Waals surface area contributed by atoms with E-state index in [-0.39, 0.29) is 11.9 Å². The molecule has 0 aliphatic rings. The smallest absolute Gasteiger partial charge is 0.245 e. The van der Waals surface area contributed by atoms with Crippen molar-refractivity contribution < 1.29 is 4.79 Å². The van der Waals surface area contributed by atoms with Crippen molar-refractivity contribution in [2.24, 2.45) is 0 Å². The highest BCUT2D eigenvalue weighted by atomic mass is 35.5. The summed E-state index contributed by atoms with van der Waals surface area (Å²) in [4.78, 5) is 12.6. The van der Waals surface area contributed by atoms with Crippen molar-refractivity contribution in [2.75, 3.05) is 0 Å². The standard InChI is InChI=1S/C19H22ClN5O/c1-4-18(24-12-15(20)10-22-24)19(26)21-11-17-13(2)23-25(14(17)3)16-8-6-5-7-9-16/h5-10,12,18H,4,11H2,1-3H3,(H,21,26). The molecule has 2 aromatic heterocycles. The van der Waals surface area contributed by atoms with Crippen LogP contribution in [-0.4, -0.2) is 25.5 Å². The SMILES string of the molecule is CCC(C(=O)NCc1c(C)nn(-c2ccccc2)c1C)n1cc(Cl)cn1. The average molecular weight is 372 g/mol. The molecule has 6 nitrogen and oxygen atoms in total. The second-order valence-electron chi connectivity index (χ2n) is 6.18. The summed E-state index contributed by atoms with van der Waals surface area (Å²) in [6.45, 7) is 6.34. The van der Waals surface area contributed by atoms with E-state index in [0.29, 0.717) is 18.0 Å². The van der Waals surface area contributed by atoms with Crippen LogP contribution in [0.25, 0.3) is 5.69 Å². The fourth-order valence-corrected chi connectivity index (χ4v) is 3.17. The fourth-order valence-electron chi connectivity index (χ4n) is 3.02. The number of carbonyl (C=O) groups is 1. The monoisotopic (exact) mass is 371 g/mol. The lowest BCUT2D eigenvalue weighted by atomic mass is 10.1. The fraction of sp³-hybridized carbons (Fsp3) is 0.316. The highest BCUT2D eigenvalue weighted by Crippen LogP contribution is 2.19. The zero-order valence-electron chi connectivity index (χ0n) is 15.1. The lowest BCUT2D eigenvalue weighted by molar-refractivity contribution is -0.124. The van der Waals surface area contributed by atoms with Gasteiger partial charge < -0.3 is 5.32 Å². The van der Waals surface area contributed by atoms with E-state index in [9.17, 15) is 4.79 Å². The molecule has 2 heterocycles. The van der Waals surface area contributed by atoms with E-state index >= 15 is 0 Å². The van der Waals surface area contributed by atoms with Gasteiger partial charge in [-0.3, -0.25) is 9.48 Å². The molecule has 136 valence electrons. The van der Waals surface area contributed by atoms with Crippen LogP contribution in [0.15, 0.2) is 42.7 Å². The number of nitrogens with zero attached hydrogens (tertiary/aromatic N) is 4. The minimum Gasteiger partial charge on any atom is -0.350 e. The lowest BCUT2D eigenvalue weighted by Crippen LogP contribution is -2.32. The number of carbonyl (C=O) groups excluding carboxylic acids is 1. The second-order valence-corrected chi connectivity index (χ2v) is 6.61. The summed E-state index contributed by atoms with van der Waals surface area (Å²) in [7, 11) is 0. The number of hydrogen-bond acceptors (Lipinski definition) is 3. The Kier molecular flexibility index (Phi) is 5.42. The molecule has 0 aliphatic heterocycles. The van der Waals surface area contributed by atoms with Crippen LogP contribution in [-0.2, 0) is 11.3 Å². The summed E-state index contributed by atoms with van der Waals surface area (Å²) < 4.78 is 3.51. The van der Waals surface area contributed by atoms with Crippen molar-refractivity contribution in [1.29, 1.82) is 0 Å². The summed E-state index contributed by atoms with van der Waals surface area (Å²) in [5.41, 5.74) is 3.95. The Morgan fingerprint density at radius 1 is 1.27 bits per heavy atom. The van der Waals surface area contributed by atoms with E-state index < -0.39 is 0 Å². The summed E-state index contributed by atoms with van der Waals surface area (Å²) in [6.07, 6.45) is 3.83. The van der Waals surface area contributed by atoms with Crippen molar-refractivity contribution in [1.82, 2.24) is 24.9 Å². The molecule has 0 fully saturated rings. The van der Waals surface area contributed by atoms with Crippen LogP contribution in [0, 0.1) is 13.8 Å². The van der Waals surface area contributed by atoms with Crippen LogP contribution in [0.4, 0.5) is 0 Å². The normalized spacial score (nSPS) is 12.2. The third-order valence-electron chi connectivity index (χ3n) is 4.46. The molecule has 1 amide bonds. The van der Waals surface area contributed by atoms with Gasteiger partial charge in [-0.1, -0.05) is 36.7 Å².